The van der Waals surface area contributed by atoms with Crippen LogP contribution in [0.4, 0.5) is 19.0 Å². The number of aromatic nitrogens is 3. The zero-order valence-corrected chi connectivity index (χ0v) is 17.1. The van der Waals surface area contributed by atoms with E-state index in [0.717, 1.165) is 45.2 Å². The molecule has 0 bridgehead atoms. The molecule has 2 saturated heterocycles. The van der Waals surface area contributed by atoms with Gasteiger partial charge < -0.3 is 15.2 Å². The van der Waals surface area contributed by atoms with Crippen molar-refractivity contribution < 1.29 is 23.0 Å². The molecule has 1 aromatic carbocycles. The molecule has 0 saturated carbocycles. The van der Waals surface area contributed by atoms with Gasteiger partial charge in [0.25, 0.3) is 0 Å². The Hall–Kier alpha value is -2.98. The summed E-state index contributed by atoms with van der Waals surface area (Å²) < 4.78 is 44.2. The van der Waals surface area contributed by atoms with Crippen molar-refractivity contribution in [1.82, 2.24) is 20.1 Å². The molecule has 0 amide bonds. The van der Waals surface area contributed by atoms with Crippen LogP contribution in [0.5, 0.6) is 5.75 Å². The maximum Gasteiger partial charge on any atom is 0.416 e. The zero-order chi connectivity index (χ0) is 22.3. The lowest BCUT2D eigenvalue weighted by atomic mass is 10.0. The highest BCUT2D eigenvalue weighted by atomic mass is 19.4. The molecule has 10 heteroatoms. The van der Waals surface area contributed by atoms with Crippen LogP contribution in [0.25, 0.3) is 22.0 Å². The van der Waals surface area contributed by atoms with Crippen molar-refractivity contribution in [2.45, 2.75) is 31.1 Å². The number of likely N-dealkylation sites (tertiary alicyclic amines) is 1. The first-order valence-corrected chi connectivity index (χ1v) is 10.5. The van der Waals surface area contributed by atoms with Crippen molar-refractivity contribution in [3.8, 4) is 17.0 Å². The van der Waals surface area contributed by atoms with Crippen LogP contribution in [0.3, 0.4) is 0 Å². The van der Waals surface area contributed by atoms with E-state index >= 15 is 0 Å². The average Bonchev–Trinajstić information content (AvgIpc) is 2.73. The first kappa shape index (κ1) is 20.9. The van der Waals surface area contributed by atoms with Gasteiger partial charge in [0.05, 0.1) is 24.8 Å². The molecular weight excluding hydrogens is 423 g/mol. The van der Waals surface area contributed by atoms with Crippen LogP contribution in [-0.2, 0) is 10.9 Å². The summed E-state index contributed by atoms with van der Waals surface area (Å²) in [6.45, 7) is 3.46. The SMILES string of the molecule is Oc1cc(C(F)(F)F)ccc1-c1nnc(N[C@@H]2CCCN(C3COC3)C2)c2cnccc12. The lowest BCUT2D eigenvalue weighted by Crippen LogP contribution is -2.54. The molecule has 2 aromatic heterocycles. The molecule has 0 radical (unpaired) electrons. The third-order valence-electron chi connectivity index (χ3n) is 6.09. The smallest absolute Gasteiger partial charge is 0.416 e. The second kappa shape index (κ2) is 8.18. The number of benzene rings is 1. The van der Waals surface area contributed by atoms with E-state index in [1.165, 1.54) is 6.07 Å². The summed E-state index contributed by atoms with van der Waals surface area (Å²) in [4.78, 5) is 6.61. The first-order chi connectivity index (χ1) is 15.4. The second-order valence-electron chi connectivity index (χ2n) is 8.22. The molecule has 7 nitrogen and oxygen atoms in total. The molecule has 2 N–H and O–H groups in total. The average molecular weight is 445 g/mol. The number of halogens is 3. The van der Waals surface area contributed by atoms with Crippen LogP contribution in [0.1, 0.15) is 18.4 Å². The number of nitrogens with one attached hydrogen (secondary N) is 1. The third kappa shape index (κ3) is 3.95. The van der Waals surface area contributed by atoms with Crippen LogP contribution < -0.4 is 5.32 Å². The third-order valence-corrected chi connectivity index (χ3v) is 6.09. The molecule has 2 aliphatic heterocycles. The van der Waals surface area contributed by atoms with Gasteiger partial charge in [-0.3, -0.25) is 9.88 Å². The highest BCUT2D eigenvalue weighted by Crippen LogP contribution is 2.38. The summed E-state index contributed by atoms with van der Waals surface area (Å²) in [6, 6.07) is 5.23. The fraction of sp³-hybridized carbons (Fsp3) is 0.409. The molecule has 32 heavy (non-hydrogen) atoms. The van der Waals surface area contributed by atoms with E-state index in [-0.39, 0.29) is 11.6 Å². The molecule has 2 fully saturated rings. The second-order valence-corrected chi connectivity index (χ2v) is 8.22. The lowest BCUT2D eigenvalue weighted by Gasteiger charge is -2.42. The Morgan fingerprint density at radius 2 is 1.97 bits per heavy atom. The van der Waals surface area contributed by atoms with Crippen molar-refractivity contribution in [3.05, 3.63) is 42.2 Å². The van der Waals surface area contributed by atoms with Crippen LogP contribution >= 0.6 is 0 Å². The van der Waals surface area contributed by atoms with Crippen LogP contribution in [0.15, 0.2) is 36.7 Å². The number of rotatable bonds is 4. The first-order valence-electron chi connectivity index (χ1n) is 10.5. The number of pyridine rings is 1. The maximum absolute atomic E-state index is 13.0. The van der Waals surface area contributed by atoms with Gasteiger partial charge in [-0.1, -0.05) is 0 Å². The Labute approximate surface area is 182 Å². The molecule has 0 aliphatic carbocycles. The summed E-state index contributed by atoms with van der Waals surface area (Å²) in [6.07, 6.45) is 0.750. The number of aromatic hydroxyl groups is 1. The molecule has 0 unspecified atom stereocenters. The Morgan fingerprint density at radius 1 is 1.12 bits per heavy atom. The summed E-state index contributed by atoms with van der Waals surface area (Å²) in [5.41, 5.74) is -0.437. The van der Waals surface area contributed by atoms with E-state index in [4.69, 9.17) is 4.74 Å². The molecule has 0 spiro atoms. The van der Waals surface area contributed by atoms with Gasteiger partial charge in [0.2, 0.25) is 0 Å². The normalized spacial score (nSPS) is 20.3. The van der Waals surface area contributed by atoms with Crippen LogP contribution in [0, 0.1) is 0 Å². The number of hydrogen-bond donors (Lipinski definition) is 2. The van der Waals surface area contributed by atoms with Gasteiger partial charge in [0.15, 0.2) is 5.82 Å². The van der Waals surface area contributed by atoms with Crippen molar-refractivity contribution in [2.24, 2.45) is 0 Å². The van der Waals surface area contributed by atoms with Gasteiger partial charge in [0, 0.05) is 41.3 Å². The molecule has 168 valence electrons. The Bertz CT molecular complexity index is 1140. The summed E-state index contributed by atoms with van der Waals surface area (Å²) >= 11 is 0. The zero-order valence-electron chi connectivity index (χ0n) is 17.1. The van der Waals surface area contributed by atoms with Crippen molar-refractivity contribution in [3.63, 3.8) is 0 Å². The number of alkyl halides is 3. The van der Waals surface area contributed by atoms with E-state index in [1.54, 1.807) is 18.5 Å². The molecule has 4 heterocycles. The number of hydrogen-bond acceptors (Lipinski definition) is 7. The fourth-order valence-corrected chi connectivity index (χ4v) is 4.29. The largest absolute Gasteiger partial charge is 0.507 e. The summed E-state index contributed by atoms with van der Waals surface area (Å²) in [7, 11) is 0. The number of ether oxygens (including phenoxy) is 1. The van der Waals surface area contributed by atoms with Gasteiger partial charge in [-0.15, -0.1) is 10.2 Å². The van der Waals surface area contributed by atoms with Crippen LogP contribution in [-0.4, -0.2) is 63.6 Å². The lowest BCUT2D eigenvalue weighted by molar-refractivity contribution is -0.137. The summed E-state index contributed by atoms with van der Waals surface area (Å²) in [5, 5.41) is 23.7. The molecule has 3 aromatic rings. The van der Waals surface area contributed by atoms with Crippen molar-refractivity contribution >= 4 is 16.6 Å². The quantitative estimate of drug-likeness (QED) is 0.634. The minimum Gasteiger partial charge on any atom is -0.507 e. The number of piperidine rings is 1. The number of nitrogens with zero attached hydrogens (tertiary/aromatic N) is 4. The van der Waals surface area contributed by atoms with E-state index < -0.39 is 17.5 Å². The topological polar surface area (TPSA) is 83.4 Å². The predicted octanol–water partition coefficient (Wildman–Crippen LogP) is 3.69. The number of phenolic OH excluding ortho intramolecular Hbond substituents is 1. The number of phenols is 1. The van der Waals surface area contributed by atoms with Gasteiger partial charge in [-0.25, -0.2) is 0 Å². The Kier molecular flexibility index (Phi) is 5.34. The summed E-state index contributed by atoms with van der Waals surface area (Å²) in [5.74, 6) is 0.0681. The van der Waals surface area contributed by atoms with E-state index in [9.17, 15) is 18.3 Å². The number of fused-ring (bicyclic) bond motifs is 1. The minimum atomic E-state index is -4.54. The highest BCUT2D eigenvalue weighted by molar-refractivity contribution is 6.00. The monoisotopic (exact) mass is 445 g/mol. The molecule has 2 aliphatic rings. The van der Waals surface area contributed by atoms with Crippen molar-refractivity contribution in [2.75, 3.05) is 31.6 Å². The predicted molar refractivity (Wildman–Crippen MR) is 112 cm³/mol. The van der Waals surface area contributed by atoms with Crippen LogP contribution in [0.2, 0.25) is 0 Å². The van der Waals surface area contributed by atoms with Gasteiger partial charge >= 0.3 is 6.18 Å². The van der Waals surface area contributed by atoms with Gasteiger partial charge in [-0.05, 0) is 43.7 Å². The highest BCUT2D eigenvalue weighted by Gasteiger charge is 2.32. The van der Waals surface area contributed by atoms with Gasteiger partial charge in [-0.2, -0.15) is 13.2 Å². The molecular formula is C22H22F3N5O2. The van der Waals surface area contributed by atoms with E-state index in [1.807, 2.05) is 0 Å². The van der Waals surface area contributed by atoms with E-state index in [2.05, 4.69) is 25.4 Å². The Balaban J connectivity index is 1.46. The number of anilines is 1. The molecule has 1 atom stereocenters. The maximum atomic E-state index is 13.0. The molecule has 5 rings (SSSR count). The Morgan fingerprint density at radius 3 is 2.69 bits per heavy atom. The van der Waals surface area contributed by atoms with E-state index in [0.29, 0.717) is 34.4 Å². The fourth-order valence-electron chi connectivity index (χ4n) is 4.29. The van der Waals surface area contributed by atoms with Crippen molar-refractivity contribution in [1.29, 1.82) is 0 Å². The van der Waals surface area contributed by atoms with Gasteiger partial charge in [0.1, 0.15) is 11.4 Å². The minimum absolute atomic E-state index is 0.182. The standard InChI is InChI=1S/C22H22F3N5O2/c23-22(24,25)13-3-4-17(19(31)8-13)20-16-5-6-26-9-18(16)21(29-28-20)27-14-2-1-7-30(10-14)15-11-32-12-15/h3-6,8-9,14-15,31H,1-2,7,10-12H2,(H,27,29)/t14-/m1/s1.